The van der Waals surface area contributed by atoms with Gasteiger partial charge in [0.15, 0.2) is 5.75 Å². The molecular weight excluding hydrogens is 214 g/mol. The van der Waals surface area contributed by atoms with Crippen molar-refractivity contribution in [2.45, 2.75) is 6.42 Å². The molecule has 17 heavy (non-hydrogen) atoms. The second-order valence-corrected chi connectivity index (χ2v) is 3.61. The van der Waals surface area contributed by atoms with Crippen LogP contribution in [0.15, 0.2) is 42.7 Å². The van der Waals surface area contributed by atoms with Crippen molar-refractivity contribution in [2.75, 3.05) is 19.0 Å². The van der Waals surface area contributed by atoms with Crippen molar-refractivity contribution in [1.82, 2.24) is 9.97 Å². The lowest BCUT2D eigenvalue weighted by atomic mass is 10.1. The summed E-state index contributed by atoms with van der Waals surface area (Å²) in [6.45, 7) is 0.816. The first kappa shape index (κ1) is 11.4. The van der Waals surface area contributed by atoms with Gasteiger partial charge in [-0.3, -0.25) is 0 Å². The van der Waals surface area contributed by atoms with Gasteiger partial charge < -0.3 is 10.1 Å². The van der Waals surface area contributed by atoms with Crippen molar-refractivity contribution in [2.24, 2.45) is 0 Å². The molecule has 0 radical (unpaired) electrons. The molecule has 2 rings (SSSR count). The Morgan fingerprint density at radius 1 is 1.12 bits per heavy atom. The summed E-state index contributed by atoms with van der Waals surface area (Å²) in [7, 11) is 1.60. The highest BCUT2D eigenvalue weighted by atomic mass is 16.5. The maximum absolute atomic E-state index is 4.99. The second kappa shape index (κ2) is 5.84. The molecule has 1 heterocycles. The SMILES string of the molecule is COc1cnc(NCCc2ccccc2)nc1. The summed E-state index contributed by atoms with van der Waals surface area (Å²) in [6, 6.07) is 10.3. The van der Waals surface area contributed by atoms with Crippen molar-refractivity contribution in [3.05, 3.63) is 48.3 Å². The zero-order chi connectivity index (χ0) is 11.9. The Hall–Kier alpha value is -2.10. The highest BCUT2D eigenvalue weighted by Gasteiger charge is 1.97. The second-order valence-electron chi connectivity index (χ2n) is 3.61. The Kier molecular flexibility index (Phi) is 3.91. The number of hydrogen-bond donors (Lipinski definition) is 1. The van der Waals surface area contributed by atoms with Crippen molar-refractivity contribution in [3.63, 3.8) is 0 Å². The summed E-state index contributed by atoms with van der Waals surface area (Å²) in [6.07, 6.45) is 4.26. The van der Waals surface area contributed by atoms with E-state index in [1.807, 2.05) is 18.2 Å². The Bertz CT molecular complexity index is 442. The fourth-order valence-corrected chi connectivity index (χ4v) is 1.48. The molecule has 0 aliphatic heterocycles. The van der Waals surface area contributed by atoms with E-state index in [-0.39, 0.29) is 0 Å². The third kappa shape index (κ3) is 3.45. The van der Waals surface area contributed by atoms with Crippen LogP contribution in [0, 0.1) is 0 Å². The molecule has 1 N–H and O–H groups in total. The van der Waals surface area contributed by atoms with Crippen LogP contribution in [0.5, 0.6) is 5.75 Å². The summed E-state index contributed by atoms with van der Waals surface area (Å²) >= 11 is 0. The van der Waals surface area contributed by atoms with Gasteiger partial charge >= 0.3 is 0 Å². The number of ether oxygens (including phenoxy) is 1. The average Bonchev–Trinajstić information content (AvgIpc) is 2.41. The largest absolute Gasteiger partial charge is 0.494 e. The van der Waals surface area contributed by atoms with Crippen LogP contribution >= 0.6 is 0 Å². The van der Waals surface area contributed by atoms with Gasteiger partial charge in [0, 0.05) is 6.54 Å². The number of benzene rings is 1. The number of methoxy groups -OCH3 is 1. The van der Waals surface area contributed by atoms with E-state index in [2.05, 4.69) is 27.4 Å². The topological polar surface area (TPSA) is 47.0 Å². The van der Waals surface area contributed by atoms with Crippen LogP contribution in [0.1, 0.15) is 5.56 Å². The quantitative estimate of drug-likeness (QED) is 0.853. The third-order valence-electron chi connectivity index (χ3n) is 2.40. The summed E-state index contributed by atoms with van der Waals surface area (Å²) in [4.78, 5) is 8.27. The number of nitrogens with zero attached hydrogens (tertiary/aromatic N) is 2. The van der Waals surface area contributed by atoms with Crippen LogP contribution in [-0.4, -0.2) is 23.6 Å². The van der Waals surface area contributed by atoms with Crippen LogP contribution in [0.2, 0.25) is 0 Å². The van der Waals surface area contributed by atoms with E-state index in [1.54, 1.807) is 19.5 Å². The Morgan fingerprint density at radius 3 is 2.47 bits per heavy atom. The van der Waals surface area contributed by atoms with Crippen LogP contribution in [0.4, 0.5) is 5.95 Å². The minimum absolute atomic E-state index is 0.627. The number of aromatic nitrogens is 2. The molecule has 0 aliphatic rings. The molecule has 0 unspecified atom stereocenters. The zero-order valence-electron chi connectivity index (χ0n) is 9.76. The monoisotopic (exact) mass is 229 g/mol. The lowest BCUT2D eigenvalue weighted by Gasteiger charge is -2.05. The molecule has 0 bridgehead atoms. The minimum Gasteiger partial charge on any atom is -0.494 e. The average molecular weight is 229 g/mol. The fraction of sp³-hybridized carbons (Fsp3) is 0.231. The molecule has 1 aromatic heterocycles. The van der Waals surface area contributed by atoms with E-state index >= 15 is 0 Å². The highest BCUT2D eigenvalue weighted by molar-refractivity contribution is 5.27. The van der Waals surface area contributed by atoms with Crippen LogP contribution in [-0.2, 0) is 6.42 Å². The summed E-state index contributed by atoms with van der Waals surface area (Å²) in [5, 5.41) is 3.17. The molecule has 0 fully saturated rings. The predicted molar refractivity (Wildman–Crippen MR) is 67.2 cm³/mol. The molecule has 4 nitrogen and oxygen atoms in total. The molecule has 0 saturated heterocycles. The standard InChI is InChI=1S/C13H15N3O/c1-17-12-9-15-13(16-10-12)14-8-7-11-5-3-2-4-6-11/h2-6,9-10H,7-8H2,1H3,(H,14,15,16). The Balaban J connectivity index is 1.82. The molecular formula is C13H15N3O. The molecule has 4 heteroatoms. The minimum atomic E-state index is 0.627. The van der Waals surface area contributed by atoms with Crippen molar-refractivity contribution >= 4 is 5.95 Å². The number of rotatable bonds is 5. The summed E-state index contributed by atoms with van der Waals surface area (Å²) < 4.78 is 4.99. The third-order valence-corrected chi connectivity index (χ3v) is 2.40. The maximum Gasteiger partial charge on any atom is 0.222 e. The van der Waals surface area contributed by atoms with E-state index in [1.165, 1.54) is 5.56 Å². The van der Waals surface area contributed by atoms with Gasteiger partial charge in [0.25, 0.3) is 0 Å². The predicted octanol–water partition coefficient (Wildman–Crippen LogP) is 2.14. The van der Waals surface area contributed by atoms with Gasteiger partial charge in [-0.05, 0) is 12.0 Å². The van der Waals surface area contributed by atoms with Gasteiger partial charge in [0.2, 0.25) is 5.95 Å². The first-order chi connectivity index (χ1) is 8.38. The lowest BCUT2D eigenvalue weighted by Crippen LogP contribution is -2.07. The van der Waals surface area contributed by atoms with Gasteiger partial charge in [-0.2, -0.15) is 0 Å². The summed E-state index contributed by atoms with van der Waals surface area (Å²) in [5.41, 5.74) is 1.30. The molecule has 0 spiro atoms. The molecule has 0 amide bonds. The van der Waals surface area contributed by atoms with Gasteiger partial charge in [0.05, 0.1) is 19.5 Å². The molecule has 0 atom stereocenters. The highest BCUT2D eigenvalue weighted by Crippen LogP contribution is 2.07. The zero-order valence-corrected chi connectivity index (χ0v) is 9.76. The molecule has 0 saturated carbocycles. The van der Waals surface area contributed by atoms with E-state index in [4.69, 9.17) is 4.74 Å². The van der Waals surface area contributed by atoms with Crippen molar-refractivity contribution in [1.29, 1.82) is 0 Å². The van der Waals surface area contributed by atoms with Gasteiger partial charge in [-0.15, -0.1) is 0 Å². The van der Waals surface area contributed by atoms with Gasteiger partial charge in [-0.1, -0.05) is 30.3 Å². The lowest BCUT2D eigenvalue weighted by molar-refractivity contribution is 0.411. The van der Waals surface area contributed by atoms with E-state index < -0.39 is 0 Å². The normalized spacial score (nSPS) is 9.94. The summed E-state index contributed by atoms with van der Waals surface area (Å²) in [5.74, 6) is 1.29. The first-order valence-corrected chi connectivity index (χ1v) is 5.52. The molecule has 88 valence electrons. The number of nitrogens with one attached hydrogen (secondary N) is 1. The van der Waals surface area contributed by atoms with E-state index in [0.29, 0.717) is 11.7 Å². The van der Waals surface area contributed by atoms with Crippen LogP contribution in [0.3, 0.4) is 0 Å². The smallest absolute Gasteiger partial charge is 0.222 e. The fourth-order valence-electron chi connectivity index (χ4n) is 1.48. The Morgan fingerprint density at radius 2 is 1.82 bits per heavy atom. The molecule has 0 aliphatic carbocycles. The Labute approximate surface area is 101 Å². The number of hydrogen-bond acceptors (Lipinski definition) is 4. The van der Waals surface area contributed by atoms with E-state index in [9.17, 15) is 0 Å². The van der Waals surface area contributed by atoms with Gasteiger partial charge in [0.1, 0.15) is 0 Å². The molecule has 2 aromatic rings. The van der Waals surface area contributed by atoms with Crippen LogP contribution in [0.25, 0.3) is 0 Å². The van der Waals surface area contributed by atoms with Crippen LogP contribution < -0.4 is 10.1 Å². The number of anilines is 1. The van der Waals surface area contributed by atoms with Gasteiger partial charge in [-0.25, -0.2) is 9.97 Å². The van der Waals surface area contributed by atoms with Crippen molar-refractivity contribution in [3.8, 4) is 5.75 Å². The molecule has 1 aromatic carbocycles. The first-order valence-electron chi connectivity index (χ1n) is 5.52. The maximum atomic E-state index is 4.99. The van der Waals surface area contributed by atoms with E-state index in [0.717, 1.165) is 13.0 Å². The van der Waals surface area contributed by atoms with Crippen molar-refractivity contribution < 1.29 is 4.74 Å².